The number of anilines is 1. The molecule has 0 amide bonds. The topological polar surface area (TPSA) is 55.2 Å². The number of nitro benzene ring substituents is 1. The summed E-state index contributed by atoms with van der Waals surface area (Å²) < 4.78 is 0. The summed E-state index contributed by atoms with van der Waals surface area (Å²) in [6, 6.07) is 13.4. The van der Waals surface area contributed by atoms with E-state index in [1.807, 2.05) is 37.3 Å². The van der Waals surface area contributed by atoms with Gasteiger partial charge in [-0.05, 0) is 37.1 Å². The Morgan fingerprint density at radius 2 is 1.95 bits per heavy atom. The number of rotatable bonds is 4. The molecule has 2 aromatic rings. The van der Waals surface area contributed by atoms with Crippen molar-refractivity contribution in [2.45, 2.75) is 20.4 Å². The zero-order valence-electron chi connectivity index (χ0n) is 11.0. The maximum Gasteiger partial charge on any atom is 0.272 e. The lowest BCUT2D eigenvalue weighted by Gasteiger charge is -2.08. The van der Waals surface area contributed by atoms with E-state index < -0.39 is 0 Å². The van der Waals surface area contributed by atoms with Crippen LogP contribution in [0.2, 0.25) is 0 Å². The predicted molar refractivity (Wildman–Crippen MR) is 76.3 cm³/mol. The Kier molecular flexibility index (Phi) is 3.80. The first kappa shape index (κ1) is 13.1. The van der Waals surface area contributed by atoms with Gasteiger partial charge in [-0.1, -0.05) is 24.3 Å². The molecule has 0 heterocycles. The molecule has 1 N–H and O–H groups in total. The molecule has 4 heteroatoms. The van der Waals surface area contributed by atoms with Crippen LogP contribution in [0.25, 0.3) is 0 Å². The molecule has 4 nitrogen and oxygen atoms in total. The molecule has 0 spiro atoms. The summed E-state index contributed by atoms with van der Waals surface area (Å²) in [6.07, 6.45) is 0. The summed E-state index contributed by atoms with van der Waals surface area (Å²) in [7, 11) is 0. The van der Waals surface area contributed by atoms with Gasteiger partial charge in [0.05, 0.1) is 4.92 Å². The molecule has 19 heavy (non-hydrogen) atoms. The van der Waals surface area contributed by atoms with Crippen molar-refractivity contribution in [1.82, 2.24) is 0 Å². The first-order valence-electron chi connectivity index (χ1n) is 6.11. The second-order valence-corrected chi connectivity index (χ2v) is 4.60. The van der Waals surface area contributed by atoms with Crippen LogP contribution in [-0.4, -0.2) is 4.92 Å². The van der Waals surface area contributed by atoms with E-state index in [4.69, 9.17) is 0 Å². The highest BCUT2D eigenvalue weighted by Crippen LogP contribution is 2.20. The van der Waals surface area contributed by atoms with Gasteiger partial charge in [0.25, 0.3) is 5.69 Å². The number of hydrogen-bond acceptors (Lipinski definition) is 3. The van der Waals surface area contributed by atoms with Crippen LogP contribution in [0.5, 0.6) is 0 Å². The van der Waals surface area contributed by atoms with Crippen molar-refractivity contribution in [2.24, 2.45) is 0 Å². The smallest absolute Gasteiger partial charge is 0.272 e. The maximum atomic E-state index is 10.9. The van der Waals surface area contributed by atoms with Gasteiger partial charge >= 0.3 is 0 Å². The molecule has 98 valence electrons. The molecule has 0 aliphatic heterocycles. The summed E-state index contributed by atoms with van der Waals surface area (Å²) >= 11 is 0. The number of nitrogens with zero attached hydrogens (tertiary/aromatic N) is 1. The van der Waals surface area contributed by atoms with Crippen LogP contribution in [0.4, 0.5) is 11.4 Å². The summed E-state index contributed by atoms with van der Waals surface area (Å²) in [6.45, 7) is 4.35. The van der Waals surface area contributed by atoms with Crippen LogP contribution in [0, 0.1) is 24.0 Å². The van der Waals surface area contributed by atoms with Gasteiger partial charge in [-0.15, -0.1) is 0 Å². The molecule has 0 atom stereocenters. The second kappa shape index (κ2) is 5.52. The Bertz CT molecular complexity index is 609. The molecule has 0 aliphatic carbocycles. The fourth-order valence-electron chi connectivity index (χ4n) is 1.92. The van der Waals surface area contributed by atoms with Crippen molar-refractivity contribution < 1.29 is 4.92 Å². The van der Waals surface area contributed by atoms with E-state index in [1.54, 1.807) is 19.1 Å². The zero-order valence-corrected chi connectivity index (χ0v) is 11.0. The van der Waals surface area contributed by atoms with Crippen LogP contribution in [0.1, 0.15) is 16.7 Å². The Hall–Kier alpha value is -2.36. The molecule has 0 radical (unpaired) electrons. The SMILES string of the molecule is Cc1cccc(NCc2ccc(C)c([N+](=O)[O-])c2)c1. The van der Waals surface area contributed by atoms with Crippen molar-refractivity contribution in [3.8, 4) is 0 Å². The Morgan fingerprint density at radius 1 is 1.16 bits per heavy atom. The fraction of sp³-hybridized carbons (Fsp3) is 0.200. The van der Waals surface area contributed by atoms with E-state index in [-0.39, 0.29) is 10.6 Å². The summed E-state index contributed by atoms with van der Waals surface area (Å²) in [4.78, 5) is 10.5. The lowest BCUT2D eigenvalue weighted by Crippen LogP contribution is -2.01. The van der Waals surface area contributed by atoms with E-state index in [0.717, 1.165) is 11.3 Å². The summed E-state index contributed by atoms with van der Waals surface area (Å²) in [5.41, 5.74) is 3.95. The van der Waals surface area contributed by atoms with E-state index >= 15 is 0 Å². The monoisotopic (exact) mass is 256 g/mol. The zero-order chi connectivity index (χ0) is 13.8. The lowest BCUT2D eigenvalue weighted by atomic mass is 10.1. The molecular formula is C15H16N2O2. The van der Waals surface area contributed by atoms with Crippen LogP contribution in [-0.2, 0) is 6.54 Å². The second-order valence-electron chi connectivity index (χ2n) is 4.60. The summed E-state index contributed by atoms with van der Waals surface area (Å²) in [5.74, 6) is 0. The average molecular weight is 256 g/mol. The van der Waals surface area contributed by atoms with Gasteiger partial charge in [0, 0.05) is 23.9 Å². The van der Waals surface area contributed by atoms with E-state index in [0.29, 0.717) is 12.1 Å². The number of aryl methyl sites for hydroxylation is 2. The van der Waals surface area contributed by atoms with Crippen LogP contribution in [0.15, 0.2) is 42.5 Å². The normalized spacial score (nSPS) is 10.2. The predicted octanol–water partition coefficient (Wildman–Crippen LogP) is 3.82. The molecule has 0 aliphatic rings. The molecule has 0 unspecified atom stereocenters. The first-order chi connectivity index (χ1) is 9.06. The molecule has 2 rings (SSSR count). The van der Waals surface area contributed by atoms with E-state index in [2.05, 4.69) is 5.32 Å². The van der Waals surface area contributed by atoms with Crippen LogP contribution >= 0.6 is 0 Å². The maximum absolute atomic E-state index is 10.9. The average Bonchev–Trinajstić information content (AvgIpc) is 2.37. The van der Waals surface area contributed by atoms with Gasteiger partial charge in [-0.25, -0.2) is 0 Å². The Morgan fingerprint density at radius 3 is 2.63 bits per heavy atom. The van der Waals surface area contributed by atoms with Crippen LogP contribution < -0.4 is 5.32 Å². The molecule has 0 saturated carbocycles. The van der Waals surface area contributed by atoms with Crippen molar-refractivity contribution in [1.29, 1.82) is 0 Å². The van der Waals surface area contributed by atoms with Crippen molar-refractivity contribution in [3.05, 3.63) is 69.3 Å². The van der Waals surface area contributed by atoms with Crippen molar-refractivity contribution in [2.75, 3.05) is 5.32 Å². The molecular weight excluding hydrogens is 240 g/mol. The minimum absolute atomic E-state index is 0.170. The van der Waals surface area contributed by atoms with Gasteiger partial charge in [0.15, 0.2) is 0 Å². The standard InChI is InChI=1S/C15H16N2O2/c1-11-4-3-5-14(8-11)16-10-13-7-6-12(2)15(9-13)17(18)19/h3-9,16H,10H2,1-2H3. The minimum atomic E-state index is -0.342. The third-order valence-corrected chi connectivity index (χ3v) is 2.98. The summed E-state index contributed by atoms with van der Waals surface area (Å²) in [5, 5.41) is 14.1. The minimum Gasteiger partial charge on any atom is -0.381 e. The van der Waals surface area contributed by atoms with Gasteiger partial charge in [0.1, 0.15) is 0 Å². The highest BCUT2D eigenvalue weighted by Gasteiger charge is 2.10. The van der Waals surface area contributed by atoms with Gasteiger partial charge in [-0.2, -0.15) is 0 Å². The van der Waals surface area contributed by atoms with E-state index in [1.165, 1.54) is 5.56 Å². The molecule has 0 saturated heterocycles. The number of hydrogen-bond donors (Lipinski definition) is 1. The third kappa shape index (κ3) is 3.31. The highest BCUT2D eigenvalue weighted by molar-refractivity contribution is 5.47. The largest absolute Gasteiger partial charge is 0.381 e. The molecule has 2 aromatic carbocycles. The van der Waals surface area contributed by atoms with Gasteiger partial charge in [-0.3, -0.25) is 10.1 Å². The first-order valence-corrected chi connectivity index (χ1v) is 6.11. The van der Waals surface area contributed by atoms with Gasteiger partial charge < -0.3 is 5.32 Å². The number of nitrogens with one attached hydrogen (secondary N) is 1. The number of benzene rings is 2. The lowest BCUT2D eigenvalue weighted by molar-refractivity contribution is -0.385. The van der Waals surface area contributed by atoms with Crippen molar-refractivity contribution in [3.63, 3.8) is 0 Å². The Labute approximate surface area is 112 Å². The molecule has 0 bridgehead atoms. The highest BCUT2D eigenvalue weighted by atomic mass is 16.6. The Balaban J connectivity index is 2.12. The molecule has 0 aromatic heterocycles. The molecule has 0 fully saturated rings. The fourth-order valence-corrected chi connectivity index (χ4v) is 1.92. The van der Waals surface area contributed by atoms with Gasteiger partial charge in [0.2, 0.25) is 0 Å². The van der Waals surface area contributed by atoms with Crippen molar-refractivity contribution >= 4 is 11.4 Å². The third-order valence-electron chi connectivity index (χ3n) is 2.98. The number of nitro groups is 1. The van der Waals surface area contributed by atoms with E-state index in [9.17, 15) is 10.1 Å². The quantitative estimate of drug-likeness (QED) is 0.668. The van der Waals surface area contributed by atoms with Crippen LogP contribution in [0.3, 0.4) is 0 Å².